The molecule has 5 heteroatoms. The van der Waals surface area contributed by atoms with Gasteiger partial charge in [0.25, 0.3) is 5.91 Å². The highest BCUT2D eigenvalue weighted by Gasteiger charge is 2.22. The van der Waals surface area contributed by atoms with Crippen LogP contribution in [0.5, 0.6) is 5.75 Å². The molecule has 4 nitrogen and oxygen atoms in total. The van der Waals surface area contributed by atoms with Crippen molar-refractivity contribution in [3.63, 3.8) is 0 Å². The molecule has 2 aromatic carbocycles. The number of methoxy groups -OCH3 is 1. The summed E-state index contributed by atoms with van der Waals surface area (Å²) in [6.45, 7) is 3.15. The van der Waals surface area contributed by atoms with E-state index in [-0.39, 0.29) is 5.91 Å². The Hall–Kier alpha value is -1.76. The summed E-state index contributed by atoms with van der Waals surface area (Å²) >= 11 is 2.24. The highest BCUT2D eigenvalue weighted by molar-refractivity contribution is 14.1. The molecule has 0 atom stereocenters. The molecule has 1 heterocycles. The molecule has 1 aliphatic heterocycles. The maximum atomic E-state index is 12.6. The SMILES string of the molecule is COc1cccc(N2CCN(C(=O)c3cccc(I)c3)CC2)c1. The molecule has 1 saturated heterocycles. The van der Waals surface area contributed by atoms with Crippen LogP contribution in [-0.2, 0) is 0 Å². The quantitative estimate of drug-likeness (QED) is 0.713. The molecule has 0 N–H and O–H groups in total. The molecule has 0 aromatic heterocycles. The molecule has 1 amide bonds. The second-order valence-corrected chi connectivity index (χ2v) is 6.74. The van der Waals surface area contributed by atoms with Gasteiger partial charge < -0.3 is 14.5 Å². The molecule has 0 unspecified atom stereocenters. The van der Waals surface area contributed by atoms with E-state index in [1.54, 1.807) is 7.11 Å². The van der Waals surface area contributed by atoms with Crippen molar-refractivity contribution in [3.05, 3.63) is 57.7 Å². The zero-order valence-electron chi connectivity index (χ0n) is 13.0. The summed E-state index contributed by atoms with van der Waals surface area (Å²) in [4.78, 5) is 16.8. The highest BCUT2D eigenvalue weighted by atomic mass is 127. The maximum Gasteiger partial charge on any atom is 0.254 e. The first kappa shape index (κ1) is 16.1. The first-order valence-corrected chi connectivity index (χ1v) is 8.69. The number of carbonyl (C=O) groups excluding carboxylic acids is 1. The van der Waals surface area contributed by atoms with Gasteiger partial charge in [-0.1, -0.05) is 12.1 Å². The Morgan fingerprint density at radius 1 is 1.04 bits per heavy atom. The van der Waals surface area contributed by atoms with Gasteiger partial charge in [0.05, 0.1) is 7.11 Å². The zero-order chi connectivity index (χ0) is 16.2. The molecular formula is C18H19IN2O2. The van der Waals surface area contributed by atoms with Crippen LogP contribution < -0.4 is 9.64 Å². The van der Waals surface area contributed by atoms with E-state index in [2.05, 4.69) is 33.6 Å². The van der Waals surface area contributed by atoms with Crippen molar-refractivity contribution in [3.8, 4) is 5.75 Å². The third-order valence-corrected chi connectivity index (χ3v) is 4.73. The molecular weight excluding hydrogens is 403 g/mol. The zero-order valence-corrected chi connectivity index (χ0v) is 15.2. The molecule has 23 heavy (non-hydrogen) atoms. The topological polar surface area (TPSA) is 32.8 Å². The number of piperazine rings is 1. The fourth-order valence-electron chi connectivity index (χ4n) is 2.78. The van der Waals surface area contributed by atoms with E-state index in [1.807, 2.05) is 47.4 Å². The molecule has 1 aliphatic rings. The van der Waals surface area contributed by atoms with E-state index >= 15 is 0 Å². The van der Waals surface area contributed by atoms with Crippen molar-refractivity contribution in [1.29, 1.82) is 0 Å². The fourth-order valence-corrected chi connectivity index (χ4v) is 3.32. The lowest BCUT2D eigenvalue weighted by Gasteiger charge is -2.36. The first-order chi connectivity index (χ1) is 11.2. The van der Waals surface area contributed by atoms with E-state index in [4.69, 9.17) is 4.74 Å². The van der Waals surface area contributed by atoms with Gasteiger partial charge in [0.2, 0.25) is 0 Å². The van der Waals surface area contributed by atoms with Crippen LogP contribution in [0.4, 0.5) is 5.69 Å². The van der Waals surface area contributed by atoms with Crippen molar-refractivity contribution in [2.75, 3.05) is 38.2 Å². The number of hydrogen-bond acceptors (Lipinski definition) is 3. The maximum absolute atomic E-state index is 12.6. The van der Waals surface area contributed by atoms with Crippen LogP contribution in [-0.4, -0.2) is 44.1 Å². The lowest BCUT2D eigenvalue weighted by atomic mass is 10.1. The minimum atomic E-state index is 0.119. The minimum Gasteiger partial charge on any atom is -0.497 e. The third-order valence-electron chi connectivity index (χ3n) is 4.06. The smallest absolute Gasteiger partial charge is 0.254 e. The lowest BCUT2D eigenvalue weighted by molar-refractivity contribution is 0.0746. The predicted octanol–water partition coefficient (Wildman–Crippen LogP) is 3.26. The second-order valence-electron chi connectivity index (χ2n) is 5.49. The molecule has 0 spiro atoms. The lowest BCUT2D eigenvalue weighted by Crippen LogP contribution is -2.48. The van der Waals surface area contributed by atoms with Crippen LogP contribution in [0.15, 0.2) is 48.5 Å². The average molecular weight is 422 g/mol. The molecule has 0 bridgehead atoms. The summed E-state index contributed by atoms with van der Waals surface area (Å²) < 4.78 is 6.37. The highest BCUT2D eigenvalue weighted by Crippen LogP contribution is 2.22. The molecule has 0 saturated carbocycles. The molecule has 1 fully saturated rings. The van der Waals surface area contributed by atoms with E-state index in [9.17, 15) is 4.79 Å². The van der Waals surface area contributed by atoms with Gasteiger partial charge in [0.15, 0.2) is 0 Å². The number of hydrogen-bond donors (Lipinski definition) is 0. The summed E-state index contributed by atoms with van der Waals surface area (Å²) in [6.07, 6.45) is 0. The first-order valence-electron chi connectivity index (χ1n) is 7.61. The Kier molecular flexibility index (Phi) is 5.05. The number of halogens is 1. The average Bonchev–Trinajstić information content (AvgIpc) is 2.61. The van der Waals surface area contributed by atoms with Gasteiger partial charge >= 0.3 is 0 Å². The number of benzene rings is 2. The monoisotopic (exact) mass is 422 g/mol. The van der Waals surface area contributed by atoms with E-state index in [0.717, 1.165) is 46.7 Å². The van der Waals surface area contributed by atoms with Crippen molar-refractivity contribution in [1.82, 2.24) is 4.90 Å². The number of anilines is 1. The Bertz CT molecular complexity index is 697. The molecule has 0 radical (unpaired) electrons. The van der Waals surface area contributed by atoms with Gasteiger partial charge in [-0.3, -0.25) is 4.79 Å². The molecule has 120 valence electrons. The summed E-state index contributed by atoms with van der Waals surface area (Å²) in [5.74, 6) is 0.980. The number of rotatable bonds is 3. The third kappa shape index (κ3) is 3.77. The van der Waals surface area contributed by atoms with Gasteiger partial charge in [0, 0.05) is 47.1 Å². The fraction of sp³-hybridized carbons (Fsp3) is 0.278. The van der Waals surface area contributed by atoms with Gasteiger partial charge in [-0.2, -0.15) is 0 Å². The van der Waals surface area contributed by atoms with Crippen LogP contribution in [0.1, 0.15) is 10.4 Å². The second kappa shape index (κ2) is 7.21. The van der Waals surface area contributed by atoms with Crippen LogP contribution in [0.25, 0.3) is 0 Å². The van der Waals surface area contributed by atoms with Crippen molar-refractivity contribution >= 4 is 34.2 Å². The standard InChI is InChI=1S/C18H19IN2O2/c1-23-17-7-3-6-16(13-17)20-8-10-21(11-9-20)18(22)14-4-2-5-15(19)12-14/h2-7,12-13H,8-11H2,1H3. The van der Waals surface area contributed by atoms with E-state index in [1.165, 1.54) is 0 Å². The number of nitrogens with zero attached hydrogens (tertiary/aromatic N) is 2. The largest absolute Gasteiger partial charge is 0.497 e. The van der Waals surface area contributed by atoms with Crippen LogP contribution >= 0.6 is 22.6 Å². The van der Waals surface area contributed by atoms with Crippen molar-refractivity contribution in [2.24, 2.45) is 0 Å². The summed E-state index contributed by atoms with van der Waals surface area (Å²) in [6, 6.07) is 15.8. The Balaban J connectivity index is 1.65. The Morgan fingerprint density at radius 2 is 1.78 bits per heavy atom. The number of amides is 1. The van der Waals surface area contributed by atoms with Crippen molar-refractivity contribution in [2.45, 2.75) is 0 Å². The Labute approximate surface area is 150 Å². The van der Waals surface area contributed by atoms with Gasteiger partial charge in [-0.25, -0.2) is 0 Å². The Morgan fingerprint density at radius 3 is 2.48 bits per heavy atom. The number of ether oxygens (including phenoxy) is 1. The van der Waals surface area contributed by atoms with E-state index < -0.39 is 0 Å². The van der Waals surface area contributed by atoms with Gasteiger partial charge in [-0.15, -0.1) is 0 Å². The summed E-state index contributed by atoms with van der Waals surface area (Å²) in [5, 5.41) is 0. The van der Waals surface area contributed by atoms with Gasteiger partial charge in [0.1, 0.15) is 5.75 Å². The molecule has 0 aliphatic carbocycles. The number of carbonyl (C=O) groups is 1. The summed E-state index contributed by atoms with van der Waals surface area (Å²) in [7, 11) is 1.68. The van der Waals surface area contributed by atoms with Crippen LogP contribution in [0.3, 0.4) is 0 Å². The molecule has 2 aromatic rings. The van der Waals surface area contributed by atoms with Crippen LogP contribution in [0.2, 0.25) is 0 Å². The minimum absolute atomic E-state index is 0.119. The summed E-state index contributed by atoms with van der Waals surface area (Å²) in [5.41, 5.74) is 1.91. The van der Waals surface area contributed by atoms with Gasteiger partial charge in [-0.05, 0) is 52.9 Å². The van der Waals surface area contributed by atoms with E-state index in [0.29, 0.717) is 0 Å². The molecule has 3 rings (SSSR count). The normalized spacial score (nSPS) is 14.7. The predicted molar refractivity (Wildman–Crippen MR) is 100 cm³/mol. The van der Waals surface area contributed by atoms with Crippen LogP contribution in [0, 0.1) is 3.57 Å². The van der Waals surface area contributed by atoms with Crippen molar-refractivity contribution < 1.29 is 9.53 Å².